The Hall–Kier alpha value is -1.81. The van der Waals surface area contributed by atoms with E-state index in [0.29, 0.717) is 38.2 Å². The van der Waals surface area contributed by atoms with Crippen molar-refractivity contribution in [3.8, 4) is 5.75 Å². The van der Waals surface area contributed by atoms with Crippen molar-refractivity contribution < 1.29 is 26.3 Å². The van der Waals surface area contributed by atoms with E-state index in [1.807, 2.05) is 24.3 Å². The second kappa shape index (κ2) is 8.61. The molecule has 2 fully saturated rings. The minimum absolute atomic E-state index is 0.246. The number of alkyl halides is 3. The Bertz CT molecular complexity index is 1040. The fourth-order valence-electron chi connectivity index (χ4n) is 3.55. The van der Waals surface area contributed by atoms with Crippen LogP contribution in [-0.4, -0.2) is 38.6 Å². The number of likely N-dealkylation sites (tertiary alicyclic amines) is 1. The summed E-state index contributed by atoms with van der Waals surface area (Å²) >= 11 is 5.89. The molecule has 5 nitrogen and oxygen atoms in total. The van der Waals surface area contributed by atoms with E-state index in [0.717, 1.165) is 36.3 Å². The lowest BCUT2D eigenvalue weighted by molar-refractivity contribution is -0.137. The number of benzene rings is 2. The van der Waals surface area contributed by atoms with Crippen LogP contribution in [0, 0.1) is 0 Å². The summed E-state index contributed by atoms with van der Waals surface area (Å²) < 4.78 is 72.5. The van der Waals surface area contributed by atoms with E-state index in [1.54, 1.807) is 0 Å². The summed E-state index contributed by atoms with van der Waals surface area (Å²) in [6.45, 7) is 1.77. The maximum Gasteiger partial charge on any atom is 0.416 e. The summed E-state index contributed by atoms with van der Waals surface area (Å²) in [6, 6.07) is 9.71. The van der Waals surface area contributed by atoms with E-state index < -0.39 is 32.7 Å². The lowest BCUT2D eigenvalue weighted by Crippen LogP contribution is -2.37. The van der Waals surface area contributed by atoms with Crippen LogP contribution in [0.15, 0.2) is 47.4 Å². The summed E-state index contributed by atoms with van der Waals surface area (Å²) in [5.74, 6) is 0.844. The Morgan fingerprint density at radius 1 is 1.10 bits per heavy atom. The van der Waals surface area contributed by atoms with Gasteiger partial charge in [0.2, 0.25) is 10.0 Å². The first kappa shape index (κ1) is 22.4. The van der Waals surface area contributed by atoms with Gasteiger partial charge in [-0.15, -0.1) is 0 Å². The van der Waals surface area contributed by atoms with E-state index in [4.69, 9.17) is 16.3 Å². The van der Waals surface area contributed by atoms with E-state index in [9.17, 15) is 21.6 Å². The standard InChI is InChI=1S/C21H22ClF3N2O3S/c22-19-8-3-15(21(23,24)25)11-20(19)31(28,29)26-16-9-10-27(13-16)12-14-1-4-17(5-2-14)30-18-6-7-18/h1-5,8,11,16,18,26H,6-7,9-10,12-13H2/t16-/m1/s1. The molecular formula is C21H22ClF3N2O3S. The molecule has 4 rings (SSSR count). The maximum atomic E-state index is 13.0. The molecule has 2 aliphatic rings. The van der Waals surface area contributed by atoms with Crippen molar-refractivity contribution in [3.05, 3.63) is 58.6 Å². The Morgan fingerprint density at radius 3 is 2.45 bits per heavy atom. The first-order valence-electron chi connectivity index (χ1n) is 9.97. The fourth-order valence-corrected chi connectivity index (χ4v) is 5.34. The van der Waals surface area contributed by atoms with Crippen LogP contribution in [0.5, 0.6) is 5.75 Å². The number of nitrogens with one attached hydrogen (secondary N) is 1. The SMILES string of the molecule is O=S(=O)(N[C@@H]1CCN(Cc2ccc(OC3CC3)cc2)C1)c1cc(C(F)(F)F)ccc1Cl. The van der Waals surface area contributed by atoms with Gasteiger partial charge in [-0.25, -0.2) is 13.1 Å². The Balaban J connectivity index is 1.37. The van der Waals surface area contributed by atoms with Crippen LogP contribution in [0.4, 0.5) is 13.2 Å². The quantitative estimate of drug-likeness (QED) is 0.644. The van der Waals surface area contributed by atoms with Crippen LogP contribution in [0.1, 0.15) is 30.4 Å². The van der Waals surface area contributed by atoms with Gasteiger partial charge in [-0.05, 0) is 55.2 Å². The van der Waals surface area contributed by atoms with Gasteiger partial charge in [-0.3, -0.25) is 4.90 Å². The minimum Gasteiger partial charge on any atom is -0.490 e. The van der Waals surface area contributed by atoms with Crippen molar-refractivity contribution in [2.24, 2.45) is 0 Å². The minimum atomic E-state index is -4.65. The third-order valence-corrected chi connectivity index (χ3v) is 7.30. The molecule has 0 amide bonds. The molecule has 1 heterocycles. The van der Waals surface area contributed by atoms with Crippen LogP contribution in [0.2, 0.25) is 5.02 Å². The highest BCUT2D eigenvalue weighted by atomic mass is 35.5. The van der Waals surface area contributed by atoms with Gasteiger partial charge >= 0.3 is 6.18 Å². The first-order chi connectivity index (χ1) is 14.6. The summed E-state index contributed by atoms with van der Waals surface area (Å²) in [5.41, 5.74) is 0.0204. The predicted molar refractivity (Wildman–Crippen MR) is 111 cm³/mol. The highest BCUT2D eigenvalue weighted by molar-refractivity contribution is 7.89. The molecule has 168 valence electrons. The number of rotatable bonds is 7. The number of nitrogens with zero attached hydrogens (tertiary/aromatic N) is 1. The van der Waals surface area contributed by atoms with Gasteiger partial charge in [0.1, 0.15) is 10.6 Å². The molecule has 1 N–H and O–H groups in total. The van der Waals surface area contributed by atoms with Crippen LogP contribution in [-0.2, 0) is 22.7 Å². The van der Waals surface area contributed by atoms with Crippen molar-refractivity contribution in [1.29, 1.82) is 0 Å². The molecule has 1 aliphatic carbocycles. The third-order valence-electron chi connectivity index (χ3n) is 5.30. The number of ether oxygens (including phenoxy) is 1. The van der Waals surface area contributed by atoms with Gasteiger partial charge in [0.05, 0.1) is 16.7 Å². The molecule has 1 aliphatic heterocycles. The van der Waals surface area contributed by atoms with Crippen molar-refractivity contribution in [2.75, 3.05) is 13.1 Å². The topological polar surface area (TPSA) is 58.6 Å². The molecule has 1 saturated heterocycles. The van der Waals surface area contributed by atoms with E-state index in [2.05, 4.69) is 9.62 Å². The monoisotopic (exact) mass is 474 g/mol. The van der Waals surface area contributed by atoms with Crippen molar-refractivity contribution >= 4 is 21.6 Å². The molecule has 1 saturated carbocycles. The van der Waals surface area contributed by atoms with E-state index >= 15 is 0 Å². The second-order valence-corrected chi connectivity index (χ2v) is 10.0. The number of sulfonamides is 1. The summed E-state index contributed by atoms with van der Waals surface area (Å²) in [5, 5.41) is -0.246. The highest BCUT2D eigenvalue weighted by Gasteiger charge is 2.34. The van der Waals surface area contributed by atoms with Gasteiger partial charge in [0.25, 0.3) is 0 Å². The van der Waals surface area contributed by atoms with Gasteiger partial charge in [0.15, 0.2) is 0 Å². The molecular weight excluding hydrogens is 453 g/mol. The average molecular weight is 475 g/mol. The third kappa shape index (κ3) is 5.71. The van der Waals surface area contributed by atoms with Gasteiger partial charge < -0.3 is 4.74 Å². The number of hydrogen-bond donors (Lipinski definition) is 1. The largest absolute Gasteiger partial charge is 0.490 e. The van der Waals surface area contributed by atoms with Crippen LogP contribution in [0.25, 0.3) is 0 Å². The molecule has 2 aromatic carbocycles. The summed E-state index contributed by atoms with van der Waals surface area (Å²) in [4.78, 5) is 1.53. The summed E-state index contributed by atoms with van der Waals surface area (Å²) in [7, 11) is -4.19. The zero-order chi connectivity index (χ0) is 22.2. The Labute approximate surface area is 184 Å². The van der Waals surface area contributed by atoms with Crippen LogP contribution >= 0.6 is 11.6 Å². The zero-order valence-electron chi connectivity index (χ0n) is 16.5. The average Bonchev–Trinajstić information content (AvgIpc) is 3.40. The molecule has 1 atom stereocenters. The maximum absolute atomic E-state index is 13.0. The lowest BCUT2D eigenvalue weighted by Gasteiger charge is -2.18. The van der Waals surface area contributed by atoms with Gasteiger partial charge in [0, 0.05) is 25.7 Å². The smallest absolute Gasteiger partial charge is 0.416 e. The molecule has 31 heavy (non-hydrogen) atoms. The van der Waals surface area contributed by atoms with Crippen LogP contribution < -0.4 is 9.46 Å². The van der Waals surface area contributed by atoms with Crippen molar-refractivity contribution in [3.63, 3.8) is 0 Å². The first-order valence-corrected chi connectivity index (χ1v) is 11.8. The molecule has 0 unspecified atom stereocenters. The molecule has 2 aromatic rings. The fraction of sp³-hybridized carbons (Fsp3) is 0.429. The Kier molecular flexibility index (Phi) is 6.22. The van der Waals surface area contributed by atoms with Crippen molar-refractivity contribution in [1.82, 2.24) is 9.62 Å². The highest BCUT2D eigenvalue weighted by Crippen LogP contribution is 2.33. The molecule has 0 radical (unpaired) electrons. The number of hydrogen-bond acceptors (Lipinski definition) is 4. The van der Waals surface area contributed by atoms with E-state index in [1.165, 1.54) is 0 Å². The predicted octanol–water partition coefficient (Wildman–Crippen LogP) is 4.45. The second-order valence-electron chi connectivity index (χ2n) is 7.95. The summed E-state index contributed by atoms with van der Waals surface area (Å²) in [6.07, 6.45) is -1.57. The molecule has 0 spiro atoms. The van der Waals surface area contributed by atoms with Gasteiger partial charge in [-0.1, -0.05) is 23.7 Å². The van der Waals surface area contributed by atoms with Gasteiger partial charge in [-0.2, -0.15) is 13.2 Å². The number of halogens is 4. The van der Waals surface area contributed by atoms with Crippen molar-refractivity contribution in [2.45, 2.75) is 49.0 Å². The zero-order valence-corrected chi connectivity index (χ0v) is 18.1. The molecule has 0 bridgehead atoms. The normalized spacial score (nSPS) is 20.2. The molecule has 10 heteroatoms. The Morgan fingerprint density at radius 2 is 1.81 bits per heavy atom. The van der Waals surface area contributed by atoms with Crippen LogP contribution in [0.3, 0.4) is 0 Å². The lowest BCUT2D eigenvalue weighted by atomic mass is 10.2. The molecule has 0 aromatic heterocycles. The van der Waals surface area contributed by atoms with E-state index in [-0.39, 0.29) is 5.02 Å².